The van der Waals surface area contributed by atoms with Crippen LogP contribution in [0.15, 0.2) is 16.6 Å². The van der Waals surface area contributed by atoms with Gasteiger partial charge in [0.2, 0.25) is 0 Å². The first-order valence-corrected chi connectivity index (χ1v) is 5.15. The molecule has 0 aromatic heterocycles. The van der Waals surface area contributed by atoms with E-state index >= 15 is 0 Å². The Labute approximate surface area is 91.6 Å². The minimum atomic E-state index is -0.347. The fourth-order valence-electron chi connectivity index (χ4n) is 1.18. The van der Waals surface area contributed by atoms with E-state index in [2.05, 4.69) is 21.2 Å². The van der Waals surface area contributed by atoms with Crippen LogP contribution in [-0.4, -0.2) is 20.7 Å². The zero-order valence-corrected chi connectivity index (χ0v) is 9.82. The highest BCUT2D eigenvalue weighted by molar-refractivity contribution is 9.10. The van der Waals surface area contributed by atoms with Crippen LogP contribution in [-0.2, 0) is 6.42 Å². The van der Waals surface area contributed by atoms with E-state index in [9.17, 15) is 4.39 Å². The van der Waals surface area contributed by atoms with Crippen molar-refractivity contribution in [1.29, 1.82) is 0 Å². The summed E-state index contributed by atoms with van der Waals surface area (Å²) in [6.07, 6.45) is 0.853. The fraction of sp³-hybridized carbons (Fsp3) is 0.400. The molecule has 0 radical (unpaired) electrons. The van der Waals surface area contributed by atoms with E-state index < -0.39 is 0 Å². The molecular formula is C10H13BrFNO. The molecule has 4 heteroatoms. The van der Waals surface area contributed by atoms with Gasteiger partial charge < -0.3 is 10.1 Å². The lowest BCUT2D eigenvalue weighted by Crippen LogP contribution is -2.10. The molecule has 1 aromatic rings. The van der Waals surface area contributed by atoms with E-state index in [4.69, 9.17) is 4.74 Å². The molecule has 0 atom stereocenters. The molecule has 1 rings (SSSR count). The molecule has 0 bridgehead atoms. The Bertz CT molecular complexity index is 317. The number of nitrogens with one attached hydrogen (secondary N) is 1. The van der Waals surface area contributed by atoms with Gasteiger partial charge in [-0.3, -0.25) is 0 Å². The maximum absolute atomic E-state index is 13.3. The Morgan fingerprint density at radius 3 is 2.79 bits per heavy atom. The summed E-state index contributed by atoms with van der Waals surface area (Å²) in [5, 5.41) is 3.04. The molecule has 1 N–H and O–H groups in total. The highest BCUT2D eigenvalue weighted by Crippen LogP contribution is 2.26. The van der Waals surface area contributed by atoms with Crippen LogP contribution < -0.4 is 10.1 Å². The van der Waals surface area contributed by atoms with Gasteiger partial charge in [-0.25, -0.2) is 4.39 Å². The minimum absolute atomic E-state index is 0.283. The van der Waals surface area contributed by atoms with Gasteiger partial charge in [0.05, 0.1) is 11.6 Å². The van der Waals surface area contributed by atoms with Crippen molar-refractivity contribution in [2.24, 2.45) is 0 Å². The summed E-state index contributed by atoms with van der Waals surface area (Å²) in [5.74, 6) is -0.0637. The standard InChI is InChI=1S/C10H13BrFNO/c1-13-4-3-7-5-8(11)10(12)9(6-7)14-2/h5-6,13H,3-4H2,1-2H3. The number of hydrogen-bond acceptors (Lipinski definition) is 2. The van der Waals surface area contributed by atoms with Crippen LogP contribution in [0.1, 0.15) is 5.56 Å². The van der Waals surface area contributed by atoms with Crippen molar-refractivity contribution in [1.82, 2.24) is 5.32 Å². The lowest BCUT2D eigenvalue weighted by Gasteiger charge is -2.07. The lowest BCUT2D eigenvalue weighted by atomic mass is 10.1. The molecule has 2 nitrogen and oxygen atoms in total. The van der Waals surface area contributed by atoms with Gasteiger partial charge in [0.25, 0.3) is 0 Å². The molecule has 0 aliphatic rings. The second-order valence-electron chi connectivity index (χ2n) is 2.95. The molecule has 1 aromatic carbocycles. The predicted octanol–water partition coefficient (Wildman–Crippen LogP) is 2.36. The first-order chi connectivity index (χ1) is 6.69. The van der Waals surface area contributed by atoms with Gasteiger partial charge in [-0.1, -0.05) is 0 Å². The zero-order chi connectivity index (χ0) is 10.6. The first-order valence-electron chi connectivity index (χ1n) is 4.35. The Hall–Kier alpha value is -0.610. The van der Waals surface area contributed by atoms with Crippen LogP contribution in [0.3, 0.4) is 0 Å². The Morgan fingerprint density at radius 1 is 1.50 bits per heavy atom. The number of benzene rings is 1. The van der Waals surface area contributed by atoms with Crippen LogP contribution in [0.25, 0.3) is 0 Å². The Morgan fingerprint density at radius 2 is 2.21 bits per heavy atom. The number of likely N-dealkylation sites (N-methyl/N-ethyl adjacent to an activating group) is 1. The summed E-state index contributed by atoms with van der Waals surface area (Å²) in [6, 6.07) is 3.49. The summed E-state index contributed by atoms with van der Waals surface area (Å²) >= 11 is 3.15. The molecular weight excluding hydrogens is 249 g/mol. The van der Waals surface area contributed by atoms with Gasteiger partial charge in [0.15, 0.2) is 11.6 Å². The molecule has 0 amide bonds. The van der Waals surface area contributed by atoms with Crippen LogP contribution in [0.5, 0.6) is 5.75 Å². The second-order valence-corrected chi connectivity index (χ2v) is 3.80. The molecule has 0 spiro atoms. The lowest BCUT2D eigenvalue weighted by molar-refractivity contribution is 0.384. The summed E-state index contributed by atoms with van der Waals surface area (Å²) in [5.41, 5.74) is 1.05. The third-order valence-corrected chi connectivity index (χ3v) is 2.52. The van der Waals surface area contributed by atoms with Gasteiger partial charge in [-0.05, 0) is 53.6 Å². The molecule has 0 heterocycles. The highest BCUT2D eigenvalue weighted by Gasteiger charge is 2.08. The van der Waals surface area contributed by atoms with Gasteiger partial charge >= 0.3 is 0 Å². The van der Waals surface area contributed by atoms with Gasteiger partial charge in [0, 0.05) is 0 Å². The van der Waals surface area contributed by atoms with Crippen molar-refractivity contribution >= 4 is 15.9 Å². The number of methoxy groups -OCH3 is 1. The third kappa shape index (κ3) is 2.69. The van der Waals surface area contributed by atoms with Gasteiger partial charge in [-0.2, -0.15) is 0 Å². The maximum atomic E-state index is 13.3. The topological polar surface area (TPSA) is 21.3 Å². The number of ether oxygens (including phenoxy) is 1. The van der Waals surface area contributed by atoms with Crippen molar-refractivity contribution in [3.63, 3.8) is 0 Å². The number of hydrogen-bond donors (Lipinski definition) is 1. The van der Waals surface area contributed by atoms with E-state index in [0.29, 0.717) is 4.47 Å². The number of halogens is 2. The normalized spacial score (nSPS) is 10.3. The second kappa shape index (κ2) is 5.32. The molecule has 0 aliphatic carbocycles. The molecule has 0 saturated heterocycles. The van der Waals surface area contributed by atoms with E-state index in [0.717, 1.165) is 18.5 Å². The first kappa shape index (κ1) is 11.5. The maximum Gasteiger partial charge on any atom is 0.179 e. The highest BCUT2D eigenvalue weighted by atomic mass is 79.9. The Kier molecular flexibility index (Phi) is 4.35. The van der Waals surface area contributed by atoms with Crippen molar-refractivity contribution in [3.05, 3.63) is 28.0 Å². The van der Waals surface area contributed by atoms with E-state index in [1.165, 1.54) is 7.11 Å². The largest absolute Gasteiger partial charge is 0.494 e. The van der Waals surface area contributed by atoms with Crippen LogP contribution in [0.2, 0.25) is 0 Å². The van der Waals surface area contributed by atoms with E-state index in [1.54, 1.807) is 12.1 Å². The Balaban J connectivity index is 2.91. The smallest absolute Gasteiger partial charge is 0.179 e. The van der Waals surface area contributed by atoms with Crippen LogP contribution in [0, 0.1) is 5.82 Å². The molecule has 0 unspecified atom stereocenters. The van der Waals surface area contributed by atoms with E-state index in [1.807, 2.05) is 7.05 Å². The molecule has 0 fully saturated rings. The van der Waals surface area contributed by atoms with Crippen molar-refractivity contribution in [2.45, 2.75) is 6.42 Å². The molecule has 78 valence electrons. The average Bonchev–Trinajstić information content (AvgIpc) is 2.19. The van der Waals surface area contributed by atoms with Gasteiger partial charge in [0.1, 0.15) is 0 Å². The van der Waals surface area contributed by atoms with Crippen molar-refractivity contribution in [2.75, 3.05) is 20.7 Å². The fourth-order valence-corrected chi connectivity index (χ4v) is 1.67. The molecule has 0 saturated carbocycles. The molecule has 0 aliphatic heterocycles. The molecule has 14 heavy (non-hydrogen) atoms. The SMILES string of the molecule is CNCCc1cc(Br)c(F)c(OC)c1. The predicted molar refractivity (Wildman–Crippen MR) is 58.3 cm³/mol. The third-order valence-electron chi connectivity index (χ3n) is 1.94. The quantitative estimate of drug-likeness (QED) is 0.899. The van der Waals surface area contributed by atoms with E-state index in [-0.39, 0.29) is 11.6 Å². The number of rotatable bonds is 4. The zero-order valence-electron chi connectivity index (χ0n) is 8.23. The monoisotopic (exact) mass is 261 g/mol. The average molecular weight is 262 g/mol. The summed E-state index contributed by atoms with van der Waals surface area (Å²) in [7, 11) is 3.35. The summed E-state index contributed by atoms with van der Waals surface area (Å²) in [4.78, 5) is 0. The van der Waals surface area contributed by atoms with Crippen LogP contribution >= 0.6 is 15.9 Å². The van der Waals surface area contributed by atoms with Crippen molar-refractivity contribution < 1.29 is 9.13 Å². The van der Waals surface area contributed by atoms with Gasteiger partial charge in [-0.15, -0.1) is 0 Å². The summed E-state index contributed by atoms with van der Waals surface area (Å²) < 4.78 is 18.7. The summed E-state index contributed by atoms with van der Waals surface area (Å²) in [6.45, 7) is 0.862. The van der Waals surface area contributed by atoms with Crippen LogP contribution in [0.4, 0.5) is 4.39 Å². The van der Waals surface area contributed by atoms with Crippen molar-refractivity contribution in [3.8, 4) is 5.75 Å². The minimum Gasteiger partial charge on any atom is -0.494 e.